The van der Waals surface area contributed by atoms with E-state index in [4.69, 9.17) is 0 Å². The van der Waals surface area contributed by atoms with Crippen molar-refractivity contribution < 1.29 is 9.18 Å². The van der Waals surface area contributed by atoms with Crippen molar-refractivity contribution in [3.8, 4) is 0 Å². The highest BCUT2D eigenvalue weighted by molar-refractivity contribution is 5.94. The monoisotopic (exact) mass is 382 g/mol. The first-order valence-electron chi connectivity index (χ1n) is 10.4. The van der Waals surface area contributed by atoms with Gasteiger partial charge in [0.05, 0.1) is 6.04 Å². The van der Waals surface area contributed by atoms with Gasteiger partial charge in [0.1, 0.15) is 5.82 Å². The van der Waals surface area contributed by atoms with Crippen LogP contribution in [0.3, 0.4) is 0 Å². The van der Waals surface area contributed by atoms with Crippen molar-refractivity contribution in [2.75, 3.05) is 19.6 Å². The molecule has 4 aliphatic heterocycles. The molecule has 0 radical (unpaired) electrons. The minimum atomic E-state index is -0.212. The molecule has 0 spiro atoms. The van der Waals surface area contributed by atoms with E-state index in [0.29, 0.717) is 24.2 Å². The first kappa shape index (κ1) is 17.9. The molecule has 1 amide bonds. The molecule has 148 valence electrons. The molecular weight excluding hydrogens is 355 g/mol. The molecular formula is C22H27FN4O. The smallest absolute Gasteiger partial charge is 0.274 e. The van der Waals surface area contributed by atoms with Crippen molar-refractivity contribution in [2.24, 2.45) is 5.92 Å². The number of hydrogen-bond acceptors (Lipinski definition) is 3. The Kier molecular flexibility index (Phi) is 4.27. The molecule has 6 rings (SSSR count). The van der Waals surface area contributed by atoms with Crippen molar-refractivity contribution in [1.82, 2.24) is 20.0 Å². The second-order valence-corrected chi connectivity index (χ2v) is 8.50. The molecule has 4 saturated heterocycles. The van der Waals surface area contributed by atoms with E-state index in [1.54, 1.807) is 0 Å². The number of likely N-dealkylation sites (tertiary alicyclic amines) is 1. The van der Waals surface area contributed by atoms with Gasteiger partial charge in [0.2, 0.25) is 0 Å². The van der Waals surface area contributed by atoms with Crippen LogP contribution in [0.5, 0.6) is 0 Å². The fraction of sp³-hybridized carbons (Fsp3) is 0.545. The molecule has 5 heterocycles. The summed E-state index contributed by atoms with van der Waals surface area (Å²) in [5.41, 5.74) is 3.69. The highest BCUT2D eigenvalue weighted by Crippen LogP contribution is 2.47. The number of piperidine rings is 3. The van der Waals surface area contributed by atoms with E-state index in [0.717, 1.165) is 49.2 Å². The molecule has 0 saturated carbocycles. The van der Waals surface area contributed by atoms with Gasteiger partial charge >= 0.3 is 0 Å². The Labute approximate surface area is 164 Å². The summed E-state index contributed by atoms with van der Waals surface area (Å²) in [5, 5.41) is 7.39. The second kappa shape index (κ2) is 6.69. The number of H-pyrrole nitrogens is 1. The van der Waals surface area contributed by atoms with Crippen LogP contribution in [0, 0.1) is 18.7 Å². The number of amides is 1. The number of hydrogen-bond donors (Lipinski definition) is 1. The Morgan fingerprint density at radius 3 is 2.57 bits per heavy atom. The average Bonchev–Trinajstić information content (AvgIpc) is 3.31. The second-order valence-electron chi connectivity index (χ2n) is 8.50. The molecule has 2 aromatic rings. The van der Waals surface area contributed by atoms with Gasteiger partial charge in [0.15, 0.2) is 5.69 Å². The zero-order chi connectivity index (χ0) is 19.4. The minimum Gasteiger partial charge on any atom is -0.332 e. The Morgan fingerprint density at radius 2 is 1.93 bits per heavy atom. The SMILES string of the molecule is CCc1[nH]nc(C(=O)N2C[C@@H](c3ccc(F)cc3)[C@@H]3[C@H]2C2CCN3CC2)c1C. The fourth-order valence-corrected chi connectivity index (χ4v) is 5.78. The molecule has 1 aromatic heterocycles. The largest absolute Gasteiger partial charge is 0.332 e. The third kappa shape index (κ3) is 2.61. The summed E-state index contributed by atoms with van der Waals surface area (Å²) >= 11 is 0. The highest BCUT2D eigenvalue weighted by atomic mass is 19.1. The van der Waals surface area contributed by atoms with Crippen molar-refractivity contribution >= 4 is 5.91 Å². The maximum absolute atomic E-state index is 13.5. The Hall–Kier alpha value is -2.21. The molecule has 5 nitrogen and oxygen atoms in total. The number of aromatic nitrogens is 2. The van der Waals surface area contributed by atoms with E-state index in [-0.39, 0.29) is 23.7 Å². The summed E-state index contributed by atoms with van der Waals surface area (Å²) in [7, 11) is 0. The topological polar surface area (TPSA) is 52.2 Å². The molecule has 2 bridgehead atoms. The van der Waals surface area contributed by atoms with Crippen LogP contribution >= 0.6 is 0 Å². The van der Waals surface area contributed by atoms with Crippen molar-refractivity contribution in [1.29, 1.82) is 0 Å². The van der Waals surface area contributed by atoms with Gasteiger partial charge in [-0.25, -0.2) is 4.39 Å². The van der Waals surface area contributed by atoms with Crippen LogP contribution < -0.4 is 0 Å². The zero-order valence-electron chi connectivity index (χ0n) is 16.5. The normalized spacial score (nSPS) is 31.2. The number of nitrogens with one attached hydrogen (secondary N) is 1. The third-order valence-electron chi connectivity index (χ3n) is 7.22. The Morgan fingerprint density at radius 1 is 1.21 bits per heavy atom. The number of aryl methyl sites for hydroxylation is 1. The van der Waals surface area contributed by atoms with E-state index < -0.39 is 0 Å². The van der Waals surface area contributed by atoms with Gasteiger partial charge in [0.25, 0.3) is 5.91 Å². The highest BCUT2D eigenvalue weighted by Gasteiger charge is 2.55. The molecule has 1 aromatic carbocycles. The lowest BCUT2D eigenvalue weighted by molar-refractivity contribution is -0.00360. The van der Waals surface area contributed by atoms with Gasteiger partial charge < -0.3 is 4.90 Å². The average molecular weight is 382 g/mol. The summed E-state index contributed by atoms with van der Waals surface area (Å²) in [6.07, 6.45) is 3.15. The predicted octanol–water partition coefficient (Wildman–Crippen LogP) is 3.12. The first-order valence-corrected chi connectivity index (χ1v) is 10.4. The number of carbonyl (C=O) groups is 1. The minimum absolute atomic E-state index is 0.0433. The molecule has 1 N–H and O–H groups in total. The number of rotatable bonds is 3. The van der Waals surface area contributed by atoms with E-state index in [1.165, 1.54) is 12.1 Å². The van der Waals surface area contributed by atoms with Crippen LogP contribution in [-0.4, -0.2) is 57.6 Å². The Bertz CT molecular complexity index is 884. The summed E-state index contributed by atoms with van der Waals surface area (Å²) < 4.78 is 13.5. The van der Waals surface area contributed by atoms with Crippen LogP contribution in [0.4, 0.5) is 4.39 Å². The van der Waals surface area contributed by atoms with Crippen molar-refractivity contribution in [2.45, 2.75) is 51.1 Å². The van der Waals surface area contributed by atoms with Crippen LogP contribution in [0.2, 0.25) is 0 Å². The Balaban J connectivity index is 1.52. The van der Waals surface area contributed by atoms with Gasteiger partial charge in [-0.1, -0.05) is 19.1 Å². The van der Waals surface area contributed by atoms with Crippen LogP contribution in [0.25, 0.3) is 0 Å². The van der Waals surface area contributed by atoms with Gasteiger partial charge in [-0.3, -0.25) is 14.8 Å². The third-order valence-corrected chi connectivity index (χ3v) is 7.22. The molecule has 6 heteroatoms. The number of aromatic amines is 1. The summed E-state index contributed by atoms with van der Waals surface area (Å²) in [5.74, 6) is 0.606. The zero-order valence-corrected chi connectivity index (χ0v) is 16.5. The quantitative estimate of drug-likeness (QED) is 0.887. The molecule has 4 fully saturated rings. The van der Waals surface area contributed by atoms with Gasteiger partial charge in [0, 0.05) is 29.8 Å². The number of nitrogens with zero attached hydrogens (tertiary/aromatic N) is 3. The van der Waals surface area contributed by atoms with E-state index in [2.05, 4.69) is 26.9 Å². The number of halogens is 1. The standard InChI is InChI=1S/C22H27FN4O/c1-3-18-13(2)19(25-24-18)22(28)27-12-17(14-4-6-16(23)7-5-14)21-20(27)15-8-10-26(21)11-9-15/h4-7,15,17,20-21H,3,8-12H2,1-2H3,(H,24,25)/t17-,20+,21+/m0/s1. The number of carbonyl (C=O) groups excluding carboxylic acids is 1. The predicted molar refractivity (Wildman–Crippen MR) is 105 cm³/mol. The number of fused-ring (bicyclic) bond motifs is 2. The van der Waals surface area contributed by atoms with E-state index >= 15 is 0 Å². The maximum Gasteiger partial charge on any atom is 0.274 e. The maximum atomic E-state index is 13.5. The molecule has 3 atom stereocenters. The van der Waals surface area contributed by atoms with Gasteiger partial charge in [-0.2, -0.15) is 5.10 Å². The first-order chi connectivity index (χ1) is 13.6. The van der Waals surface area contributed by atoms with Gasteiger partial charge in [-0.05, 0) is 62.9 Å². The summed E-state index contributed by atoms with van der Waals surface area (Å²) in [6.45, 7) is 6.94. The molecule has 4 aliphatic rings. The van der Waals surface area contributed by atoms with Gasteiger partial charge in [-0.15, -0.1) is 0 Å². The summed E-state index contributed by atoms with van der Waals surface area (Å²) in [4.78, 5) is 18.2. The van der Waals surface area contributed by atoms with Crippen molar-refractivity contribution in [3.63, 3.8) is 0 Å². The summed E-state index contributed by atoms with van der Waals surface area (Å²) in [6, 6.07) is 7.41. The molecule has 0 aliphatic carbocycles. The van der Waals surface area contributed by atoms with Crippen molar-refractivity contribution in [3.05, 3.63) is 52.6 Å². The number of benzene rings is 1. The molecule has 0 unspecified atom stereocenters. The lowest BCUT2D eigenvalue weighted by Gasteiger charge is -2.51. The van der Waals surface area contributed by atoms with Crippen LogP contribution in [0.15, 0.2) is 24.3 Å². The van der Waals surface area contributed by atoms with Crippen LogP contribution in [-0.2, 0) is 6.42 Å². The van der Waals surface area contributed by atoms with E-state index in [1.807, 2.05) is 19.1 Å². The lowest BCUT2D eigenvalue weighted by Crippen LogP contribution is -2.60. The fourth-order valence-electron chi connectivity index (χ4n) is 5.78. The van der Waals surface area contributed by atoms with E-state index in [9.17, 15) is 9.18 Å². The lowest BCUT2D eigenvalue weighted by atomic mass is 9.75. The van der Waals surface area contributed by atoms with Crippen LogP contribution in [0.1, 0.15) is 53.0 Å². The molecule has 28 heavy (non-hydrogen) atoms.